The Morgan fingerprint density at radius 1 is 1.10 bits per heavy atom. The van der Waals surface area contributed by atoms with E-state index in [4.69, 9.17) is 4.98 Å². The highest BCUT2D eigenvalue weighted by Gasteiger charge is 2.67. The van der Waals surface area contributed by atoms with E-state index in [1.165, 1.54) is 22.6 Å². The number of nitrogens with zero attached hydrogens (tertiary/aromatic N) is 6. The molecule has 0 radical (unpaired) electrons. The van der Waals surface area contributed by atoms with Crippen LogP contribution in [0.25, 0.3) is 22.2 Å². The SMILES string of the molecule is CSc1cnc([C@@H](CC(=O)Cn2nc(C(F)F)c3c2C(F)(F)[C@@H]2C[C@H]32)Cc2cc(F)cc(F)c2)c(-c2cccc3c(CS(C)(=O)=O)nn(C)c23)n1. The summed E-state index contributed by atoms with van der Waals surface area (Å²) < 4.78 is 114. The van der Waals surface area contributed by atoms with Crippen LogP contribution in [-0.4, -0.2) is 56.2 Å². The zero-order chi connectivity index (χ0) is 36.6. The molecule has 51 heavy (non-hydrogen) atoms. The molecule has 268 valence electrons. The van der Waals surface area contributed by atoms with Gasteiger partial charge in [0.25, 0.3) is 12.3 Å². The van der Waals surface area contributed by atoms with Gasteiger partial charge in [0.05, 0.1) is 34.5 Å². The van der Waals surface area contributed by atoms with E-state index in [9.17, 15) is 30.8 Å². The average molecular weight is 749 g/mol. The quantitative estimate of drug-likeness (QED) is 0.100. The summed E-state index contributed by atoms with van der Waals surface area (Å²) in [5.41, 5.74) is 0.361. The first-order valence-corrected chi connectivity index (χ1v) is 19.1. The molecule has 7 rings (SSSR count). The number of thioether (sulfide) groups is 1. The number of hydrogen-bond acceptors (Lipinski definition) is 8. The molecule has 17 heteroatoms. The van der Waals surface area contributed by atoms with Gasteiger partial charge in [-0.1, -0.05) is 18.2 Å². The average Bonchev–Trinajstić information content (AvgIpc) is 3.60. The standard InChI is InChI=1S/C34H30F6N6O3S2/c1-45-31-21(25(43-45)15-51(3,48)49)5-4-6-22(31)29-28(41-13-26(42-29)50-2)17(7-16-8-18(35)11-19(36)9-16)10-20(47)14-46-32-27(30(44-46)33(37)38)23-12-24(23)34(32,39)40/h4-6,8-9,11,13,17,23-24,33H,7,10,12,14-15H2,1-3H3/t17-,23+,24-/m1/s1. The number of para-hydroxylation sites is 1. The van der Waals surface area contributed by atoms with Crippen molar-refractivity contribution >= 4 is 38.3 Å². The summed E-state index contributed by atoms with van der Waals surface area (Å²) in [5, 5.41) is 9.24. The summed E-state index contributed by atoms with van der Waals surface area (Å²) in [5.74, 6) is -8.92. The van der Waals surface area contributed by atoms with Crippen LogP contribution in [0.4, 0.5) is 26.3 Å². The number of halogens is 6. The Balaban J connectivity index is 1.33. The smallest absolute Gasteiger partial charge is 0.293 e. The van der Waals surface area contributed by atoms with Crippen LogP contribution in [0.1, 0.15) is 65.0 Å². The number of fused-ring (bicyclic) bond motifs is 4. The summed E-state index contributed by atoms with van der Waals surface area (Å²) in [4.78, 5) is 23.3. The Bertz CT molecular complexity index is 2310. The molecule has 0 spiro atoms. The van der Waals surface area contributed by atoms with Gasteiger partial charge in [0.2, 0.25) is 0 Å². The minimum absolute atomic E-state index is 0.0677. The highest BCUT2D eigenvalue weighted by Crippen LogP contribution is 2.68. The van der Waals surface area contributed by atoms with Crippen molar-refractivity contribution in [2.24, 2.45) is 13.0 Å². The molecule has 9 nitrogen and oxygen atoms in total. The van der Waals surface area contributed by atoms with E-state index >= 15 is 8.78 Å². The van der Waals surface area contributed by atoms with Gasteiger partial charge in [-0.25, -0.2) is 31.0 Å². The lowest BCUT2D eigenvalue weighted by Gasteiger charge is -2.21. The molecular weight excluding hydrogens is 719 g/mol. The van der Waals surface area contributed by atoms with Crippen LogP contribution >= 0.6 is 11.8 Å². The Morgan fingerprint density at radius 3 is 2.49 bits per heavy atom. The van der Waals surface area contributed by atoms with Gasteiger partial charge in [-0.3, -0.25) is 19.1 Å². The number of aryl methyl sites for hydroxylation is 1. The minimum Gasteiger partial charge on any atom is -0.298 e. The number of ketones is 1. The van der Waals surface area contributed by atoms with Crippen molar-refractivity contribution in [1.82, 2.24) is 29.5 Å². The topological polar surface area (TPSA) is 113 Å². The molecule has 1 saturated carbocycles. The van der Waals surface area contributed by atoms with Gasteiger partial charge < -0.3 is 0 Å². The van der Waals surface area contributed by atoms with Crippen molar-refractivity contribution in [3.63, 3.8) is 0 Å². The second-order valence-corrected chi connectivity index (χ2v) is 16.1. The zero-order valence-corrected chi connectivity index (χ0v) is 29.0. The van der Waals surface area contributed by atoms with E-state index in [0.717, 1.165) is 18.4 Å². The first-order chi connectivity index (χ1) is 24.0. The van der Waals surface area contributed by atoms with E-state index in [1.54, 1.807) is 31.5 Å². The lowest BCUT2D eigenvalue weighted by atomic mass is 9.88. The largest absolute Gasteiger partial charge is 0.298 e. The summed E-state index contributed by atoms with van der Waals surface area (Å²) in [6, 6.07) is 8.02. The summed E-state index contributed by atoms with van der Waals surface area (Å²) in [7, 11) is -1.83. The van der Waals surface area contributed by atoms with Crippen molar-refractivity contribution in [3.05, 3.63) is 88.1 Å². The number of rotatable bonds is 12. The van der Waals surface area contributed by atoms with E-state index in [2.05, 4.69) is 15.2 Å². The first kappa shape index (κ1) is 35.2. The van der Waals surface area contributed by atoms with Crippen LogP contribution in [0.5, 0.6) is 0 Å². The number of carbonyl (C=O) groups excluding carboxylic acids is 1. The molecule has 2 aliphatic carbocycles. The number of sulfone groups is 1. The molecule has 3 aromatic heterocycles. The molecule has 0 unspecified atom stereocenters. The summed E-state index contributed by atoms with van der Waals surface area (Å²) in [6.07, 6.45) is 0.745. The maximum atomic E-state index is 15.3. The van der Waals surface area contributed by atoms with E-state index in [1.807, 2.05) is 0 Å². The van der Waals surface area contributed by atoms with Gasteiger partial charge >= 0.3 is 0 Å². The molecular formula is C34H30F6N6O3S2. The number of Topliss-reactive ketones (excluding diaryl/α,β-unsaturated/α-hetero) is 1. The number of carbonyl (C=O) groups is 1. The zero-order valence-electron chi connectivity index (χ0n) is 27.4. The normalized spacial score (nSPS) is 18.3. The van der Waals surface area contributed by atoms with Crippen molar-refractivity contribution in [2.75, 3.05) is 12.5 Å². The van der Waals surface area contributed by atoms with Crippen molar-refractivity contribution < 1.29 is 39.6 Å². The Morgan fingerprint density at radius 2 is 1.82 bits per heavy atom. The number of alkyl halides is 4. The third-order valence-electron chi connectivity index (χ3n) is 9.34. The number of benzene rings is 2. The monoisotopic (exact) mass is 748 g/mol. The molecule has 0 bridgehead atoms. The third kappa shape index (κ3) is 6.54. The van der Waals surface area contributed by atoms with Crippen LogP contribution in [0.3, 0.4) is 0 Å². The molecule has 0 saturated heterocycles. The van der Waals surface area contributed by atoms with E-state index in [-0.39, 0.29) is 41.1 Å². The second kappa shape index (κ2) is 12.8. The van der Waals surface area contributed by atoms with Crippen LogP contribution in [0.2, 0.25) is 0 Å². The number of aromatic nitrogens is 6. The molecule has 2 aromatic carbocycles. The lowest BCUT2D eigenvalue weighted by molar-refractivity contribution is -0.120. The molecule has 3 atom stereocenters. The fourth-order valence-electron chi connectivity index (χ4n) is 7.30. The van der Waals surface area contributed by atoms with Gasteiger partial charge in [-0.05, 0) is 42.7 Å². The second-order valence-electron chi connectivity index (χ2n) is 13.1. The highest BCUT2D eigenvalue weighted by atomic mass is 32.2. The minimum atomic E-state index is -3.46. The predicted molar refractivity (Wildman–Crippen MR) is 176 cm³/mol. The van der Waals surface area contributed by atoms with Crippen LogP contribution in [0, 0.1) is 17.6 Å². The van der Waals surface area contributed by atoms with Gasteiger partial charge in [0.1, 0.15) is 34.6 Å². The van der Waals surface area contributed by atoms with Crippen LogP contribution < -0.4 is 0 Å². The van der Waals surface area contributed by atoms with Gasteiger partial charge in [0, 0.05) is 54.1 Å². The third-order valence-corrected chi connectivity index (χ3v) is 10.8. The summed E-state index contributed by atoms with van der Waals surface area (Å²) >= 11 is 1.28. The van der Waals surface area contributed by atoms with Crippen molar-refractivity contribution in [1.29, 1.82) is 0 Å². The fourth-order valence-corrected chi connectivity index (χ4v) is 8.35. The van der Waals surface area contributed by atoms with E-state index < -0.39 is 81.7 Å². The van der Waals surface area contributed by atoms with Gasteiger partial charge in [-0.15, -0.1) is 11.8 Å². The molecule has 3 heterocycles. The van der Waals surface area contributed by atoms with Crippen LogP contribution in [-0.2, 0) is 46.3 Å². The Hall–Kier alpha value is -4.25. The first-order valence-electron chi connectivity index (χ1n) is 15.8. The Labute approximate surface area is 292 Å². The highest BCUT2D eigenvalue weighted by molar-refractivity contribution is 7.98. The number of hydrogen-bond donors (Lipinski definition) is 0. The maximum Gasteiger partial charge on any atom is 0.293 e. The van der Waals surface area contributed by atoms with Gasteiger partial charge in [0.15, 0.2) is 15.6 Å². The molecule has 5 aromatic rings. The van der Waals surface area contributed by atoms with Gasteiger partial charge in [-0.2, -0.15) is 19.0 Å². The van der Waals surface area contributed by atoms with E-state index in [0.29, 0.717) is 37.9 Å². The molecule has 0 amide bonds. The fraction of sp³-hybridized carbons (Fsp3) is 0.382. The molecule has 0 aliphatic heterocycles. The predicted octanol–water partition coefficient (Wildman–Crippen LogP) is 6.90. The Kier molecular flexibility index (Phi) is 8.80. The molecule has 1 fully saturated rings. The van der Waals surface area contributed by atoms with Crippen molar-refractivity contribution in [2.45, 2.75) is 60.8 Å². The molecule has 0 N–H and O–H groups in total. The molecule has 2 aliphatic rings. The maximum absolute atomic E-state index is 15.3. The lowest BCUT2D eigenvalue weighted by Crippen LogP contribution is -2.24. The van der Waals surface area contributed by atoms with Crippen molar-refractivity contribution in [3.8, 4) is 11.3 Å². The van der Waals surface area contributed by atoms with Crippen LogP contribution in [0.15, 0.2) is 47.6 Å². The summed E-state index contributed by atoms with van der Waals surface area (Å²) in [6.45, 7) is -0.740.